The molecule has 4 bridgehead atoms. The summed E-state index contributed by atoms with van der Waals surface area (Å²) in [6.45, 7) is 2.06. The summed E-state index contributed by atoms with van der Waals surface area (Å²) in [5.41, 5.74) is -0.336. The Morgan fingerprint density at radius 3 is 2.73 bits per heavy atom. The molecule has 5 aliphatic carbocycles. The zero-order valence-electron chi connectivity index (χ0n) is 13.1. The van der Waals surface area contributed by atoms with Crippen LogP contribution < -0.4 is 0 Å². The van der Waals surface area contributed by atoms with Crippen molar-refractivity contribution in [2.75, 3.05) is 0 Å². The molecule has 0 amide bonds. The minimum absolute atomic E-state index is 0.0936. The van der Waals surface area contributed by atoms with E-state index in [0.29, 0.717) is 18.1 Å². The maximum atomic E-state index is 12.8. The molecule has 0 aromatic carbocycles. The van der Waals surface area contributed by atoms with Crippen LogP contribution in [0, 0.1) is 41.4 Å². The van der Waals surface area contributed by atoms with E-state index in [4.69, 9.17) is 9.47 Å². The van der Waals surface area contributed by atoms with Crippen LogP contribution in [0.1, 0.15) is 39.0 Å². The lowest BCUT2D eigenvalue weighted by Gasteiger charge is -2.37. The van der Waals surface area contributed by atoms with Crippen LogP contribution in [0.4, 0.5) is 0 Å². The predicted octanol–water partition coefficient (Wildman–Crippen LogP) is 2.94. The number of esters is 1. The molecule has 0 aromatic rings. The standard InChI is InChI=1S/C19H24O3/c1-19(4-2-3-5-19)22-18(20)11-7-9-6-10(11)15-13-8-12(14(9)15)16-17(13)21-16/h2,4,9-17H,3,5-8H2,1H3. The SMILES string of the molecule is CC1(OC(=O)C2CC3CC2C2C4CC(C5OC45)C32)C=CCC1. The molecule has 6 aliphatic rings. The molecule has 0 N–H and O–H groups in total. The fraction of sp³-hybridized carbons (Fsp3) is 0.842. The molecule has 0 spiro atoms. The van der Waals surface area contributed by atoms with E-state index < -0.39 is 0 Å². The largest absolute Gasteiger partial charge is 0.455 e. The monoisotopic (exact) mass is 300 g/mol. The summed E-state index contributed by atoms with van der Waals surface area (Å²) in [6.07, 6.45) is 11.2. The molecule has 3 nitrogen and oxygen atoms in total. The summed E-state index contributed by atoms with van der Waals surface area (Å²) in [6, 6.07) is 0. The highest BCUT2D eigenvalue weighted by atomic mass is 16.6. The number of hydrogen-bond acceptors (Lipinski definition) is 3. The van der Waals surface area contributed by atoms with Gasteiger partial charge < -0.3 is 9.47 Å². The van der Waals surface area contributed by atoms with Gasteiger partial charge >= 0.3 is 5.97 Å². The predicted molar refractivity (Wildman–Crippen MR) is 79.8 cm³/mol. The van der Waals surface area contributed by atoms with Crippen LogP contribution >= 0.6 is 0 Å². The van der Waals surface area contributed by atoms with Gasteiger partial charge in [0.05, 0.1) is 18.1 Å². The third kappa shape index (κ3) is 1.40. The van der Waals surface area contributed by atoms with E-state index >= 15 is 0 Å². The topological polar surface area (TPSA) is 38.8 Å². The van der Waals surface area contributed by atoms with E-state index in [0.717, 1.165) is 48.9 Å². The molecular formula is C19H24O3. The van der Waals surface area contributed by atoms with Gasteiger partial charge in [-0.3, -0.25) is 4.79 Å². The van der Waals surface area contributed by atoms with Gasteiger partial charge in [0.25, 0.3) is 0 Å². The van der Waals surface area contributed by atoms with Gasteiger partial charge in [0.1, 0.15) is 5.60 Å². The molecule has 0 radical (unpaired) electrons. The quantitative estimate of drug-likeness (QED) is 0.341. The maximum Gasteiger partial charge on any atom is 0.310 e. The van der Waals surface area contributed by atoms with Crippen molar-refractivity contribution in [2.45, 2.75) is 56.8 Å². The number of hydrogen-bond donors (Lipinski definition) is 0. The Labute approximate surface area is 131 Å². The van der Waals surface area contributed by atoms with Crippen LogP contribution in [0.25, 0.3) is 0 Å². The van der Waals surface area contributed by atoms with Crippen molar-refractivity contribution in [3.05, 3.63) is 12.2 Å². The first-order chi connectivity index (χ1) is 10.6. The van der Waals surface area contributed by atoms with E-state index in [1.807, 2.05) is 0 Å². The molecule has 10 atom stereocenters. The number of fused-ring (bicyclic) bond motifs is 12. The molecular weight excluding hydrogens is 276 g/mol. The smallest absolute Gasteiger partial charge is 0.310 e. The number of epoxide rings is 1. The molecule has 3 heteroatoms. The second-order valence-corrected chi connectivity index (χ2v) is 8.96. The summed E-state index contributed by atoms with van der Waals surface area (Å²) in [7, 11) is 0. The number of rotatable bonds is 2. The summed E-state index contributed by atoms with van der Waals surface area (Å²) in [4.78, 5) is 12.8. The van der Waals surface area contributed by atoms with Crippen molar-refractivity contribution < 1.29 is 14.3 Å². The Hall–Kier alpha value is -0.830. The van der Waals surface area contributed by atoms with Gasteiger partial charge in [0, 0.05) is 0 Å². The molecule has 1 aliphatic heterocycles. The van der Waals surface area contributed by atoms with E-state index in [-0.39, 0.29) is 17.5 Å². The first kappa shape index (κ1) is 12.6. The second kappa shape index (κ2) is 3.80. The van der Waals surface area contributed by atoms with E-state index in [2.05, 4.69) is 19.1 Å². The van der Waals surface area contributed by atoms with Crippen LogP contribution in [-0.2, 0) is 14.3 Å². The third-order valence-corrected chi connectivity index (χ3v) is 7.98. The fourth-order valence-electron chi connectivity index (χ4n) is 7.30. The van der Waals surface area contributed by atoms with Crippen molar-refractivity contribution in [3.63, 3.8) is 0 Å². The highest BCUT2D eigenvalue weighted by molar-refractivity contribution is 5.74. The Bertz CT molecular complexity index is 583. The molecule has 5 fully saturated rings. The number of carbonyl (C=O) groups excluding carboxylic acids is 1. The van der Waals surface area contributed by atoms with Gasteiger partial charge in [-0.15, -0.1) is 0 Å². The normalized spacial score (nSPS) is 62.3. The first-order valence-electron chi connectivity index (χ1n) is 9.21. The zero-order valence-corrected chi connectivity index (χ0v) is 13.1. The zero-order chi connectivity index (χ0) is 14.6. The van der Waals surface area contributed by atoms with Crippen molar-refractivity contribution in [1.29, 1.82) is 0 Å². The van der Waals surface area contributed by atoms with Crippen LogP contribution in [0.5, 0.6) is 0 Å². The van der Waals surface area contributed by atoms with E-state index in [9.17, 15) is 4.79 Å². The summed E-state index contributed by atoms with van der Waals surface area (Å²) in [5.74, 6) is 4.90. The maximum absolute atomic E-state index is 12.8. The average Bonchev–Trinajstić information content (AvgIpc) is 2.97. The minimum atomic E-state index is -0.336. The van der Waals surface area contributed by atoms with Gasteiger partial charge in [-0.25, -0.2) is 0 Å². The van der Waals surface area contributed by atoms with Crippen molar-refractivity contribution in [1.82, 2.24) is 0 Å². The van der Waals surface area contributed by atoms with Gasteiger partial charge in [0.15, 0.2) is 0 Å². The number of allylic oxidation sites excluding steroid dienone is 1. The molecule has 10 unspecified atom stereocenters. The lowest BCUT2D eigenvalue weighted by molar-refractivity contribution is -0.162. The Morgan fingerprint density at radius 2 is 1.95 bits per heavy atom. The van der Waals surface area contributed by atoms with Gasteiger partial charge in [0.2, 0.25) is 0 Å². The Balaban J connectivity index is 1.23. The Kier molecular flexibility index (Phi) is 2.17. The number of ether oxygens (including phenoxy) is 2. The first-order valence-corrected chi connectivity index (χ1v) is 9.21. The Morgan fingerprint density at radius 1 is 1.14 bits per heavy atom. The van der Waals surface area contributed by atoms with Gasteiger partial charge in [-0.1, -0.05) is 6.08 Å². The molecule has 1 heterocycles. The molecule has 6 rings (SSSR count). The molecule has 0 aromatic heterocycles. The summed E-state index contributed by atoms with van der Waals surface area (Å²) < 4.78 is 11.8. The van der Waals surface area contributed by atoms with Crippen LogP contribution in [0.15, 0.2) is 12.2 Å². The van der Waals surface area contributed by atoms with Gasteiger partial charge in [-0.05, 0) is 80.6 Å². The van der Waals surface area contributed by atoms with Crippen molar-refractivity contribution in [3.8, 4) is 0 Å². The fourth-order valence-corrected chi connectivity index (χ4v) is 7.30. The molecule has 118 valence electrons. The van der Waals surface area contributed by atoms with Gasteiger partial charge in [-0.2, -0.15) is 0 Å². The second-order valence-electron chi connectivity index (χ2n) is 8.96. The summed E-state index contributed by atoms with van der Waals surface area (Å²) >= 11 is 0. The minimum Gasteiger partial charge on any atom is -0.455 e. The van der Waals surface area contributed by atoms with E-state index in [1.165, 1.54) is 12.8 Å². The van der Waals surface area contributed by atoms with E-state index in [1.54, 1.807) is 0 Å². The highest BCUT2D eigenvalue weighted by Gasteiger charge is 2.74. The van der Waals surface area contributed by atoms with Crippen LogP contribution in [0.2, 0.25) is 0 Å². The third-order valence-electron chi connectivity index (χ3n) is 7.98. The number of carbonyl (C=O) groups is 1. The van der Waals surface area contributed by atoms with Crippen molar-refractivity contribution in [2.24, 2.45) is 41.4 Å². The molecule has 22 heavy (non-hydrogen) atoms. The highest BCUT2D eigenvalue weighted by Crippen LogP contribution is 2.73. The lowest BCUT2D eigenvalue weighted by Crippen LogP contribution is -2.40. The van der Waals surface area contributed by atoms with Crippen LogP contribution in [-0.4, -0.2) is 23.8 Å². The van der Waals surface area contributed by atoms with Crippen molar-refractivity contribution >= 4 is 5.97 Å². The lowest BCUT2D eigenvalue weighted by atomic mass is 9.67. The van der Waals surface area contributed by atoms with Crippen LogP contribution in [0.3, 0.4) is 0 Å². The molecule has 1 saturated heterocycles. The molecule has 4 saturated carbocycles. The average molecular weight is 300 g/mol. The summed E-state index contributed by atoms with van der Waals surface area (Å²) in [5, 5.41) is 0.